The largest absolute Gasteiger partial charge is 0.396 e. The van der Waals surface area contributed by atoms with Crippen molar-refractivity contribution in [1.29, 1.82) is 0 Å². The molecule has 0 bridgehead atoms. The highest BCUT2D eigenvalue weighted by Gasteiger charge is 2.41. The molecule has 1 aliphatic rings. The standard InChI is InChI=1S/C15H22N2O2/c1-11-4-3-5-12(2)14(11)16-8-13(19)17-9-15(10-18)6-7-15/h3-5,16,18H,6-10H2,1-2H3,(H,17,19). The number of aliphatic hydroxyl groups is 1. The van der Waals surface area contributed by atoms with Crippen LogP contribution in [0.15, 0.2) is 18.2 Å². The molecule has 1 fully saturated rings. The molecule has 1 aromatic rings. The van der Waals surface area contributed by atoms with Crippen molar-refractivity contribution < 1.29 is 9.90 Å². The summed E-state index contributed by atoms with van der Waals surface area (Å²) in [5.74, 6) is -0.0256. The van der Waals surface area contributed by atoms with Crippen LogP contribution in [0.1, 0.15) is 24.0 Å². The van der Waals surface area contributed by atoms with Gasteiger partial charge < -0.3 is 15.7 Å². The van der Waals surface area contributed by atoms with Gasteiger partial charge in [0.05, 0.1) is 13.2 Å². The number of carbonyl (C=O) groups excluding carboxylic acids is 1. The van der Waals surface area contributed by atoms with Crippen molar-refractivity contribution >= 4 is 11.6 Å². The summed E-state index contributed by atoms with van der Waals surface area (Å²) in [5.41, 5.74) is 3.28. The van der Waals surface area contributed by atoms with E-state index in [4.69, 9.17) is 0 Å². The zero-order valence-corrected chi connectivity index (χ0v) is 11.6. The summed E-state index contributed by atoms with van der Waals surface area (Å²) in [5, 5.41) is 15.2. The van der Waals surface area contributed by atoms with Crippen molar-refractivity contribution in [3.05, 3.63) is 29.3 Å². The molecule has 1 saturated carbocycles. The van der Waals surface area contributed by atoms with Gasteiger partial charge in [-0.1, -0.05) is 18.2 Å². The van der Waals surface area contributed by atoms with E-state index in [-0.39, 0.29) is 24.5 Å². The highest BCUT2D eigenvalue weighted by molar-refractivity contribution is 5.81. The van der Waals surface area contributed by atoms with E-state index in [9.17, 15) is 9.90 Å². The number of carbonyl (C=O) groups is 1. The molecule has 0 heterocycles. The van der Waals surface area contributed by atoms with Crippen LogP contribution >= 0.6 is 0 Å². The number of anilines is 1. The first-order chi connectivity index (χ1) is 9.06. The molecule has 2 rings (SSSR count). The summed E-state index contributed by atoms with van der Waals surface area (Å²) in [4.78, 5) is 11.8. The van der Waals surface area contributed by atoms with Crippen LogP contribution in [-0.4, -0.2) is 30.7 Å². The minimum Gasteiger partial charge on any atom is -0.396 e. The maximum atomic E-state index is 11.8. The fraction of sp³-hybridized carbons (Fsp3) is 0.533. The van der Waals surface area contributed by atoms with Crippen molar-refractivity contribution in [2.75, 3.05) is 25.0 Å². The van der Waals surface area contributed by atoms with E-state index in [1.165, 1.54) is 0 Å². The summed E-state index contributed by atoms with van der Waals surface area (Å²) in [6, 6.07) is 6.06. The van der Waals surface area contributed by atoms with Crippen molar-refractivity contribution in [1.82, 2.24) is 5.32 Å². The van der Waals surface area contributed by atoms with Crippen molar-refractivity contribution in [2.24, 2.45) is 5.41 Å². The van der Waals surface area contributed by atoms with Gasteiger partial charge in [-0.25, -0.2) is 0 Å². The Labute approximate surface area is 114 Å². The van der Waals surface area contributed by atoms with Crippen molar-refractivity contribution in [3.8, 4) is 0 Å². The Bertz CT molecular complexity index is 447. The molecule has 1 aromatic carbocycles. The molecule has 0 spiro atoms. The molecular formula is C15H22N2O2. The number of rotatable bonds is 6. The monoisotopic (exact) mass is 262 g/mol. The molecule has 0 aliphatic heterocycles. The molecule has 0 aromatic heterocycles. The first-order valence-electron chi connectivity index (χ1n) is 6.74. The Balaban J connectivity index is 1.80. The Kier molecular flexibility index (Phi) is 4.10. The number of aryl methyl sites for hydroxylation is 2. The van der Waals surface area contributed by atoms with Crippen LogP contribution in [0.3, 0.4) is 0 Å². The average Bonchev–Trinajstić information content (AvgIpc) is 3.16. The predicted octanol–water partition coefficient (Wildman–Crippen LogP) is 1.60. The van der Waals surface area contributed by atoms with Gasteiger partial charge in [0.25, 0.3) is 0 Å². The lowest BCUT2D eigenvalue weighted by Crippen LogP contribution is -2.35. The van der Waals surface area contributed by atoms with E-state index < -0.39 is 0 Å². The quantitative estimate of drug-likeness (QED) is 0.730. The normalized spacial score (nSPS) is 15.9. The number of hydrogen-bond acceptors (Lipinski definition) is 3. The van der Waals surface area contributed by atoms with Gasteiger partial charge in [-0.3, -0.25) is 4.79 Å². The molecule has 4 heteroatoms. The van der Waals surface area contributed by atoms with Crippen molar-refractivity contribution in [2.45, 2.75) is 26.7 Å². The summed E-state index contributed by atoms with van der Waals surface area (Å²) in [6.07, 6.45) is 2.02. The number of aliphatic hydroxyl groups excluding tert-OH is 1. The lowest BCUT2D eigenvalue weighted by atomic mass is 10.1. The third-order valence-corrected chi connectivity index (χ3v) is 3.86. The fourth-order valence-corrected chi connectivity index (χ4v) is 2.18. The molecule has 0 radical (unpaired) electrons. The van der Waals surface area contributed by atoms with E-state index in [1.807, 2.05) is 32.0 Å². The minimum atomic E-state index is -0.0335. The van der Waals surface area contributed by atoms with Gasteiger partial charge in [-0.2, -0.15) is 0 Å². The van der Waals surface area contributed by atoms with Gasteiger partial charge in [0.15, 0.2) is 0 Å². The summed E-state index contributed by atoms with van der Waals surface area (Å²) >= 11 is 0. The van der Waals surface area contributed by atoms with Crippen LogP contribution in [0.2, 0.25) is 0 Å². The lowest BCUT2D eigenvalue weighted by Gasteiger charge is -2.15. The summed E-state index contributed by atoms with van der Waals surface area (Å²) in [7, 11) is 0. The van der Waals surface area contributed by atoms with Crippen LogP contribution < -0.4 is 10.6 Å². The van der Waals surface area contributed by atoms with Crippen LogP contribution in [0.4, 0.5) is 5.69 Å². The van der Waals surface area contributed by atoms with Gasteiger partial charge >= 0.3 is 0 Å². The SMILES string of the molecule is Cc1cccc(C)c1NCC(=O)NCC1(CO)CC1. The zero-order chi connectivity index (χ0) is 13.9. The number of amides is 1. The first kappa shape index (κ1) is 13.9. The van der Waals surface area contributed by atoms with Gasteiger partial charge in [-0.15, -0.1) is 0 Å². The fourth-order valence-electron chi connectivity index (χ4n) is 2.18. The summed E-state index contributed by atoms with van der Waals surface area (Å²) < 4.78 is 0. The topological polar surface area (TPSA) is 61.4 Å². The smallest absolute Gasteiger partial charge is 0.239 e. The first-order valence-corrected chi connectivity index (χ1v) is 6.74. The highest BCUT2D eigenvalue weighted by Crippen LogP contribution is 2.44. The highest BCUT2D eigenvalue weighted by atomic mass is 16.3. The average molecular weight is 262 g/mol. The molecule has 0 unspecified atom stereocenters. The van der Waals surface area contributed by atoms with E-state index in [0.29, 0.717) is 6.54 Å². The van der Waals surface area contributed by atoms with Gasteiger partial charge in [0.1, 0.15) is 0 Å². The predicted molar refractivity (Wildman–Crippen MR) is 76.2 cm³/mol. The number of benzene rings is 1. The Morgan fingerprint density at radius 2 is 1.95 bits per heavy atom. The second kappa shape index (κ2) is 5.61. The lowest BCUT2D eigenvalue weighted by molar-refractivity contribution is -0.119. The molecule has 1 aliphatic carbocycles. The second-order valence-electron chi connectivity index (χ2n) is 5.56. The Morgan fingerprint density at radius 1 is 1.32 bits per heavy atom. The molecule has 3 N–H and O–H groups in total. The minimum absolute atomic E-state index is 0.0256. The molecule has 104 valence electrons. The van der Waals surface area contributed by atoms with E-state index in [2.05, 4.69) is 10.6 Å². The van der Waals surface area contributed by atoms with E-state index in [0.717, 1.165) is 29.7 Å². The second-order valence-corrected chi connectivity index (χ2v) is 5.56. The van der Waals surface area contributed by atoms with Crippen LogP contribution in [0.5, 0.6) is 0 Å². The Hall–Kier alpha value is -1.55. The van der Waals surface area contributed by atoms with Gasteiger partial charge in [0, 0.05) is 17.6 Å². The van der Waals surface area contributed by atoms with Gasteiger partial charge in [-0.05, 0) is 37.8 Å². The van der Waals surface area contributed by atoms with E-state index in [1.54, 1.807) is 0 Å². The van der Waals surface area contributed by atoms with E-state index >= 15 is 0 Å². The number of nitrogens with one attached hydrogen (secondary N) is 2. The molecule has 0 saturated heterocycles. The molecular weight excluding hydrogens is 240 g/mol. The number of hydrogen-bond donors (Lipinski definition) is 3. The Morgan fingerprint density at radius 3 is 2.47 bits per heavy atom. The van der Waals surface area contributed by atoms with Crippen molar-refractivity contribution in [3.63, 3.8) is 0 Å². The maximum absolute atomic E-state index is 11.8. The third-order valence-electron chi connectivity index (χ3n) is 3.86. The molecule has 0 atom stereocenters. The van der Waals surface area contributed by atoms with Crippen LogP contribution in [0, 0.1) is 19.3 Å². The van der Waals surface area contributed by atoms with Crippen LogP contribution in [0.25, 0.3) is 0 Å². The number of para-hydroxylation sites is 1. The summed E-state index contributed by atoms with van der Waals surface area (Å²) in [6.45, 7) is 5.07. The van der Waals surface area contributed by atoms with Crippen LogP contribution in [-0.2, 0) is 4.79 Å². The maximum Gasteiger partial charge on any atom is 0.239 e. The molecule has 19 heavy (non-hydrogen) atoms. The zero-order valence-electron chi connectivity index (χ0n) is 11.6. The van der Waals surface area contributed by atoms with Gasteiger partial charge in [0.2, 0.25) is 5.91 Å². The molecule has 4 nitrogen and oxygen atoms in total. The third kappa shape index (κ3) is 3.47. The molecule has 1 amide bonds.